The first-order valence-corrected chi connectivity index (χ1v) is 7.28. The van der Waals surface area contributed by atoms with E-state index in [2.05, 4.69) is 11.4 Å². The lowest BCUT2D eigenvalue weighted by Crippen LogP contribution is -2.30. The third-order valence-electron chi connectivity index (χ3n) is 3.91. The van der Waals surface area contributed by atoms with Gasteiger partial charge in [0.2, 0.25) is 0 Å². The van der Waals surface area contributed by atoms with Crippen LogP contribution in [0.5, 0.6) is 0 Å². The number of rotatable bonds is 6. The van der Waals surface area contributed by atoms with Crippen LogP contribution in [0.25, 0.3) is 0 Å². The zero-order valence-electron chi connectivity index (χ0n) is 11.6. The van der Waals surface area contributed by atoms with E-state index in [1.807, 2.05) is 6.92 Å². The standard InChI is InChI=1S/C15H23NO3/c1-11-9-13(11)15(18)19-10-14(17)16-8-7-12-5-3-2-4-6-12/h5,11,13H,2-4,6-10H2,1H3,(H,16,17). The largest absolute Gasteiger partial charge is 0.455 e. The lowest BCUT2D eigenvalue weighted by molar-refractivity contribution is -0.150. The highest BCUT2D eigenvalue weighted by Crippen LogP contribution is 2.38. The van der Waals surface area contributed by atoms with Crippen LogP contribution in [-0.2, 0) is 14.3 Å². The summed E-state index contributed by atoms with van der Waals surface area (Å²) in [7, 11) is 0. The average molecular weight is 265 g/mol. The Balaban J connectivity index is 1.54. The van der Waals surface area contributed by atoms with Gasteiger partial charge in [0.15, 0.2) is 6.61 Å². The van der Waals surface area contributed by atoms with E-state index in [0.29, 0.717) is 12.5 Å². The van der Waals surface area contributed by atoms with Crippen molar-refractivity contribution in [1.82, 2.24) is 5.32 Å². The molecule has 1 saturated carbocycles. The number of ether oxygens (including phenoxy) is 1. The molecule has 0 spiro atoms. The Hall–Kier alpha value is -1.32. The lowest BCUT2D eigenvalue weighted by atomic mass is 9.97. The van der Waals surface area contributed by atoms with Gasteiger partial charge in [0, 0.05) is 6.54 Å². The summed E-state index contributed by atoms with van der Waals surface area (Å²) in [4.78, 5) is 22.9. The number of nitrogens with one attached hydrogen (secondary N) is 1. The van der Waals surface area contributed by atoms with Crippen molar-refractivity contribution in [3.8, 4) is 0 Å². The number of carbonyl (C=O) groups excluding carboxylic acids is 2. The molecule has 1 N–H and O–H groups in total. The quantitative estimate of drug-likeness (QED) is 0.591. The molecule has 2 aliphatic rings. The van der Waals surface area contributed by atoms with Gasteiger partial charge in [-0.1, -0.05) is 18.6 Å². The van der Waals surface area contributed by atoms with Crippen molar-refractivity contribution in [3.63, 3.8) is 0 Å². The Morgan fingerprint density at radius 1 is 1.42 bits per heavy atom. The molecule has 0 aliphatic heterocycles. The van der Waals surface area contributed by atoms with E-state index in [-0.39, 0.29) is 24.4 Å². The summed E-state index contributed by atoms with van der Waals surface area (Å²) in [6.45, 7) is 2.52. The van der Waals surface area contributed by atoms with Gasteiger partial charge in [0.1, 0.15) is 0 Å². The molecule has 1 amide bonds. The van der Waals surface area contributed by atoms with Gasteiger partial charge >= 0.3 is 5.97 Å². The lowest BCUT2D eigenvalue weighted by Gasteiger charge is -2.13. The van der Waals surface area contributed by atoms with Crippen molar-refractivity contribution in [2.75, 3.05) is 13.2 Å². The molecule has 0 heterocycles. The van der Waals surface area contributed by atoms with E-state index >= 15 is 0 Å². The van der Waals surface area contributed by atoms with E-state index in [1.165, 1.54) is 24.8 Å². The second-order valence-electron chi connectivity index (χ2n) is 5.64. The molecule has 0 radical (unpaired) electrons. The van der Waals surface area contributed by atoms with Crippen LogP contribution in [0.2, 0.25) is 0 Å². The molecule has 2 rings (SSSR count). The number of hydrogen-bond acceptors (Lipinski definition) is 3. The van der Waals surface area contributed by atoms with Crippen LogP contribution in [0.3, 0.4) is 0 Å². The van der Waals surface area contributed by atoms with Crippen LogP contribution in [0.15, 0.2) is 11.6 Å². The molecule has 0 aromatic rings. The Morgan fingerprint density at radius 2 is 2.21 bits per heavy atom. The molecule has 0 bridgehead atoms. The highest BCUT2D eigenvalue weighted by atomic mass is 16.5. The van der Waals surface area contributed by atoms with Crippen molar-refractivity contribution in [1.29, 1.82) is 0 Å². The summed E-state index contributed by atoms with van der Waals surface area (Å²) < 4.78 is 4.98. The second kappa shape index (κ2) is 6.73. The van der Waals surface area contributed by atoms with E-state index in [9.17, 15) is 9.59 Å². The fourth-order valence-corrected chi connectivity index (χ4v) is 2.44. The predicted molar refractivity (Wildman–Crippen MR) is 72.4 cm³/mol. The topological polar surface area (TPSA) is 55.4 Å². The van der Waals surface area contributed by atoms with E-state index in [1.54, 1.807) is 0 Å². The fraction of sp³-hybridized carbons (Fsp3) is 0.733. The zero-order valence-corrected chi connectivity index (χ0v) is 11.6. The fourth-order valence-electron chi connectivity index (χ4n) is 2.44. The summed E-state index contributed by atoms with van der Waals surface area (Å²) in [5, 5.41) is 2.80. The van der Waals surface area contributed by atoms with Crippen molar-refractivity contribution in [2.45, 2.75) is 45.4 Å². The number of amides is 1. The molecular formula is C15H23NO3. The van der Waals surface area contributed by atoms with Gasteiger partial charge in [-0.15, -0.1) is 0 Å². The molecule has 2 atom stereocenters. The van der Waals surface area contributed by atoms with E-state index in [4.69, 9.17) is 4.74 Å². The monoisotopic (exact) mass is 265 g/mol. The third-order valence-corrected chi connectivity index (χ3v) is 3.91. The van der Waals surface area contributed by atoms with Gasteiger partial charge in [-0.3, -0.25) is 9.59 Å². The van der Waals surface area contributed by atoms with Crippen LogP contribution in [0.1, 0.15) is 45.4 Å². The minimum Gasteiger partial charge on any atom is -0.455 e. The van der Waals surface area contributed by atoms with Gasteiger partial charge in [0.25, 0.3) is 5.91 Å². The van der Waals surface area contributed by atoms with Gasteiger partial charge in [-0.05, 0) is 44.4 Å². The summed E-state index contributed by atoms with van der Waals surface area (Å²) in [5.74, 6) is 0.0321. The summed E-state index contributed by atoms with van der Waals surface area (Å²) >= 11 is 0. The first-order valence-electron chi connectivity index (χ1n) is 7.28. The molecule has 1 fully saturated rings. The highest BCUT2D eigenvalue weighted by Gasteiger charge is 2.40. The Bertz CT molecular complexity index is 376. The van der Waals surface area contributed by atoms with Crippen molar-refractivity contribution >= 4 is 11.9 Å². The van der Waals surface area contributed by atoms with Crippen LogP contribution in [-0.4, -0.2) is 25.0 Å². The van der Waals surface area contributed by atoms with Crippen molar-refractivity contribution in [3.05, 3.63) is 11.6 Å². The molecular weight excluding hydrogens is 242 g/mol. The molecule has 0 aromatic carbocycles. The third kappa shape index (κ3) is 4.69. The van der Waals surface area contributed by atoms with Crippen LogP contribution in [0, 0.1) is 11.8 Å². The Labute approximate surface area is 114 Å². The second-order valence-corrected chi connectivity index (χ2v) is 5.64. The number of hydrogen-bond donors (Lipinski definition) is 1. The first-order chi connectivity index (χ1) is 9.16. The van der Waals surface area contributed by atoms with Gasteiger partial charge in [0.05, 0.1) is 5.92 Å². The predicted octanol–water partition coefficient (Wildman–Crippen LogP) is 2.19. The molecule has 0 aromatic heterocycles. The maximum Gasteiger partial charge on any atom is 0.309 e. The zero-order chi connectivity index (χ0) is 13.7. The number of carbonyl (C=O) groups is 2. The van der Waals surface area contributed by atoms with E-state index in [0.717, 1.165) is 19.3 Å². The summed E-state index contributed by atoms with van der Waals surface area (Å²) in [5.41, 5.74) is 1.44. The molecule has 4 heteroatoms. The van der Waals surface area contributed by atoms with E-state index < -0.39 is 0 Å². The SMILES string of the molecule is CC1CC1C(=O)OCC(=O)NCCC1=CCCCC1. The normalized spacial score (nSPS) is 25.4. The molecule has 2 aliphatic carbocycles. The minimum atomic E-state index is -0.224. The number of allylic oxidation sites excluding steroid dienone is 1. The summed E-state index contributed by atoms with van der Waals surface area (Å²) in [6.07, 6.45) is 8.96. The smallest absolute Gasteiger partial charge is 0.309 e. The van der Waals surface area contributed by atoms with Crippen molar-refractivity contribution < 1.29 is 14.3 Å². The molecule has 0 saturated heterocycles. The molecule has 106 valence electrons. The average Bonchev–Trinajstić information content (AvgIpc) is 3.14. The Morgan fingerprint density at radius 3 is 2.84 bits per heavy atom. The van der Waals surface area contributed by atoms with Gasteiger partial charge in [-0.25, -0.2) is 0 Å². The van der Waals surface area contributed by atoms with Crippen molar-refractivity contribution in [2.24, 2.45) is 11.8 Å². The molecule has 19 heavy (non-hydrogen) atoms. The Kier molecular flexibility index (Phi) is 5.00. The molecule has 2 unspecified atom stereocenters. The maximum absolute atomic E-state index is 11.5. The number of esters is 1. The first kappa shape index (κ1) is 14.1. The minimum absolute atomic E-state index is 0.0280. The van der Waals surface area contributed by atoms with Crippen LogP contribution < -0.4 is 5.32 Å². The van der Waals surface area contributed by atoms with Crippen LogP contribution >= 0.6 is 0 Å². The van der Waals surface area contributed by atoms with Gasteiger partial charge in [-0.2, -0.15) is 0 Å². The summed E-state index contributed by atoms with van der Waals surface area (Å²) in [6, 6.07) is 0. The maximum atomic E-state index is 11.5. The highest BCUT2D eigenvalue weighted by molar-refractivity contribution is 5.82. The van der Waals surface area contributed by atoms with Gasteiger partial charge < -0.3 is 10.1 Å². The van der Waals surface area contributed by atoms with Crippen LogP contribution in [0.4, 0.5) is 0 Å². The molecule has 4 nitrogen and oxygen atoms in total.